The molecule has 7 heteroatoms. The second-order valence-corrected chi connectivity index (χ2v) is 6.53. The maximum Gasteiger partial charge on any atom is 0.271 e. The fourth-order valence-electron chi connectivity index (χ4n) is 3.03. The van der Waals surface area contributed by atoms with E-state index < -0.39 is 0 Å². The van der Waals surface area contributed by atoms with Crippen LogP contribution in [-0.2, 0) is 6.42 Å². The van der Waals surface area contributed by atoms with E-state index in [4.69, 9.17) is 0 Å². The summed E-state index contributed by atoms with van der Waals surface area (Å²) in [5.74, 6) is 0.414. The summed E-state index contributed by atoms with van der Waals surface area (Å²) in [7, 11) is 0. The predicted molar refractivity (Wildman–Crippen MR) is 110 cm³/mol. The third kappa shape index (κ3) is 5.34. The smallest absolute Gasteiger partial charge is 0.271 e. The van der Waals surface area contributed by atoms with E-state index >= 15 is 0 Å². The lowest BCUT2D eigenvalue weighted by molar-refractivity contribution is 0.102. The zero-order valence-electron chi connectivity index (χ0n) is 14.9. The van der Waals surface area contributed by atoms with E-state index in [0.29, 0.717) is 11.5 Å². The Bertz CT molecular complexity index is 797. The SMILES string of the molecule is Cc1cc(NC(=O)c2ccc(CC3CCNC3)cc2)c(=O)[nH]c1C.Cl.Cl. The summed E-state index contributed by atoms with van der Waals surface area (Å²) >= 11 is 0. The first-order valence-electron chi connectivity index (χ1n) is 8.34. The number of anilines is 1. The number of H-pyrrole nitrogens is 1. The van der Waals surface area contributed by atoms with Gasteiger partial charge in [-0.15, -0.1) is 24.8 Å². The molecule has 1 aromatic carbocycles. The predicted octanol–water partition coefficient (Wildman–Crippen LogP) is 3.24. The van der Waals surface area contributed by atoms with E-state index in [0.717, 1.165) is 30.8 Å². The zero-order chi connectivity index (χ0) is 17.1. The molecule has 1 amide bonds. The van der Waals surface area contributed by atoms with Crippen LogP contribution in [0.15, 0.2) is 35.1 Å². The standard InChI is InChI=1S/C19H23N3O2.2ClH/c1-12-9-17(19(24)21-13(12)2)22-18(23)16-5-3-14(4-6-16)10-15-7-8-20-11-15;;/h3-6,9,15,20H,7-8,10-11H2,1-2H3,(H,21,24)(H,22,23);2*1H. The number of amides is 1. The number of aromatic nitrogens is 1. The number of pyridine rings is 1. The maximum atomic E-state index is 12.3. The molecule has 2 heterocycles. The highest BCUT2D eigenvalue weighted by Crippen LogP contribution is 2.16. The molecule has 0 saturated carbocycles. The summed E-state index contributed by atoms with van der Waals surface area (Å²) in [5, 5.41) is 6.06. The second kappa shape index (κ2) is 9.76. The van der Waals surface area contributed by atoms with Crippen molar-refractivity contribution in [3.05, 3.63) is 63.1 Å². The Kier molecular flexibility index (Phi) is 8.34. The van der Waals surface area contributed by atoms with Gasteiger partial charge in [-0.3, -0.25) is 9.59 Å². The van der Waals surface area contributed by atoms with Gasteiger partial charge in [0.15, 0.2) is 0 Å². The van der Waals surface area contributed by atoms with Gasteiger partial charge in [-0.2, -0.15) is 0 Å². The highest BCUT2D eigenvalue weighted by molar-refractivity contribution is 6.04. The summed E-state index contributed by atoms with van der Waals surface area (Å²) < 4.78 is 0. The van der Waals surface area contributed by atoms with E-state index in [-0.39, 0.29) is 42.0 Å². The maximum absolute atomic E-state index is 12.3. The Balaban J connectivity index is 0.00000169. The van der Waals surface area contributed by atoms with Crippen molar-refractivity contribution in [3.63, 3.8) is 0 Å². The van der Waals surface area contributed by atoms with Crippen LogP contribution in [0.4, 0.5) is 5.69 Å². The summed E-state index contributed by atoms with van der Waals surface area (Å²) in [6, 6.07) is 9.34. The molecule has 1 aromatic heterocycles. The van der Waals surface area contributed by atoms with Gasteiger partial charge < -0.3 is 15.6 Å². The van der Waals surface area contributed by atoms with Crippen LogP contribution in [0.1, 0.15) is 33.6 Å². The zero-order valence-corrected chi connectivity index (χ0v) is 16.6. The van der Waals surface area contributed by atoms with Crippen molar-refractivity contribution in [1.82, 2.24) is 10.3 Å². The monoisotopic (exact) mass is 397 g/mol. The van der Waals surface area contributed by atoms with Crippen LogP contribution in [0.25, 0.3) is 0 Å². The number of carbonyl (C=O) groups is 1. The molecule has 0 radical (unpaired) electrons. The minimum absolute atomic E-state index is 0. The largest absolute Gasteiger partial charge is 0.324 e. The summed E-state index contributed by atoms with van der Waals surface area (Å²) in [6.07, 6.45) is 2.24. The lowest BCUT2D eigenvalue weighted by Gasteiger charge is -2.10. The molecule has 5 nitrogen and oxygen atoms in total. The van der Waals surface area contributed by atoms with Crippen molar-refractivity contribution in [3.8, 4) is 0 Å². The minimum atomic E-state index is -0.281. The number of hydrogen-bond donors (Lipinski definition) is 3. The van der Waals surface area contributed by atoms with Crippen LogP contribution in [0.5, 0.6) is 0 Å². The highest BCUT2D eigenvalue weighted by atomic mass is 35.5. The van der Waals surface area contributed by atoms with Gasteiger partial charge in [0, 0.05) is 11.3 Å². The Morgan fingerprint density at radius 2 is 1.88 bits per heavy atom. The van der Waals surface area contributed by atoms with Crippen molar-refractivity contribution >= 4 is 36.4 Å². The highest BCUT2D eigenvalue weighted by Gasteiger charge is 2.15. The molecule has 142 valence electrons. The number of halogens is 2. The molecule has 0 bridgehead atoms. The molecule has 1 unspecified atom stereocenters. The number of hydrogen-bond acceptors (Lipinski definition) is 3. The Morgan fingerprint density at radius 3 is 2.50 bits per heavy atom. The van der Waals surface area contributed by atoms with Gasteiger partial charge in [-0.25, -0.2) is 0 Å². The number of nitrogens with one attached hydrogen (secondary N) is 3. The van der Waals surface area contributed by atoms with Gasteiger partial charge >= 0.3 is 0 Å². The van der Waals surface area contributed by atoms with Crippen molar-refractivity contribution in [2.24, 2.45) is 5.92 Å². The van der Waals surface area contributed by atoms with Crippen molar-refractivity contribution < 1.29 is 4.79 Å². The van der Waals surface area contributed by atoms with Crippen LogP contribution in [0.3, 0.4) is 0 Å². The van der Waals surface area contributed by atoms with Gasteiger partial charge in [0.05, 0.1) is 0 Å². The second-order valence-electron chi connectivity index (χ2n) is 6.53. The molecule has 26 heavy (non-hydrogen) atoms. The topological polar surface area (TPSA) is 74.0 Å². The van der Waals surface area contributed by atoms with E-state index in [9.17, 15) is 9.59 Å². The first-order chi connectivity index (χ1) is 11.5. The molecule has 1 aliphatic rings. The van der Waals surface area contributed by atoms with E-state index in [1.54, 1.807) is 6.07 Å². The summed E-state index contributed by atoms with van der Waals surface area (Å²) in [6.45, 7) is 5.89. The molecule has 0 aliphatic carbocycles. The Morgan fingerprint density at radius 1 is 1.19 bits per heavy atom. The fraction of sp³-hybridized carbons (Fsp3) is 0.368. The van der Waals surface area contributed by atoms with Gasteiger partial charge in [0.25, 0.3) is 11.5 Å². The number of benzene rings is 1. The van der Waals surface area contributed by atoms with E-state index in [1.807, 2.05) is 38.1 Å². The Hall–Kier alpha value is -1.82. The number of carbonyl (C=O) groups excluding carboxylic acids is 1. The van der Waals surface area contributed by atoms with Crippen LogP contribution in [0.2, 0.25) is 0 Å². The Labute approximate surface area is 165 Å². The van der Waals surface area contributed by atoms with Crippen molar-refractivity contribution in [2.45, 2.75) is 26.7 Å². The molecule has 3 rings (SSSR count). The molecule has 1 atom stereocenters. The molecule has 3 N–H and O–H groups in total. The molecule has 1 saturated heterocycles. The van der Waals surface area contributed by atoms with Crippen molar-refractivity contribution in [1.29, 1.82) is 0 Å². The molecule has 1 fully saturated rings. The van der Waals surface area contributed by atoms with Crippen molar-refractivity contribution in [2.75, 3.05) is 18.4 Å². The number of aryl methyl sites for hydroxylation is 2. The lowest BCUT2D eigenvalue weighted by atomic mass is 9.98. The number of aromatic amines is 1. The van der Waals surface area contributed by atoms with Gasteiger partial charge in [-0.1, -0.05) is 12.1 Å². The molecule has 1 aliphatic heterocycles. The quantitative estimate of drug-likeness (QED) is 0.740. The van der Waals surface area contributed by atoms with Crippen LogP contribution in [-0.4, -0.2) is 24.0 Å². The van der Waals surface area contributed by atoms with Gasteiger partial charge in [-0.05, 0) is 75.0 Å². The first kappa shape index (κ1) is 22.2. The van der Waals surface area contributed by atoms with Crippen LogP contribution < -0.4 is 16.2 Å². The summed E-state index contributed by atoms with van der Waals surface area (Å²) in [5.41, 5.74) is 3.54. The lowest BCUT2D eigenvalue weighted by Crippen LogP contribution is -2.20. The molecular formula is C19H25Cl2N3O2. The minimum Gasteiger partial charge on any atom is -0.324 e. The van der Waals surface area contributed by atoms with Gasteiger partial charge in [0.1, 0.15) is 5.69 Å². The molecular weight excluding hydrogens is 373 g/mol. The third-order valence-electron chi connectivity index (χ3n) is 4.65. The number of rotatable bonds is 4. The van der Waals surface area contributed by atoms with E-state index in [1.165, 1.54) is 12.0 Å². The fourth-order valence-corrected chi connectivity index (χ4v) is 3.03. The summed E-state index contributed by atoms with van der Waals surface area (Å²) in [4.78, 5) is 27.0. The average Bonchev–Trinajstić information content (AvgIpc) is 3.06. The van der Waals surface area contributed by atoms with Crippen LogP contribution >= 0.6 is 24.8 Å². The third-order valence-corrected chi connectivity index (χ3v) is 4.65. The first-order valence-corrected chi connectivity index (χ1v) is 8.34. The average molecular weight is 398 g/mol. The van der Waals surface area contributed by atoms with Gasteiger partial charge in [0.2, 0.25) is 0 Å². The van der Waals surface area contributed by atoms with E-state index in [2.05, 4.69) is 15.6 Å². The molecule has 0 spiro atoms. The normalized spacial score (nSPS) is 15.7. The van der Waals surface area contributed by atoms with Crippen LogP contribution in [0, 0.1) is 19.8 Å². The molecule has 2 aromatic rings.